The van der Waals surface area contributed by atoms with E-state index in [1.165, 1.54) is 5.56 Å². The fourth-order valence-electron chi connectivity index (χ4n) is 3.37. The Labute approximate surface area is 170 Å². The van der Waals surface area contributed by atoms with Crippen molar-refractivity contribution in [2.45, 2.75) is 32.7 Å². The Morgan fingerprint density at radius 1 is 1.10 bits per heavy atom. The molecule has 1 aliphatic heterocycles. The zero-order valence-electron chi connectivity index (χ0n) is 16.6. The number of anilines is 2. The average molecular weight is 388 g/mol. The van der Waals surface area contributed by atoms with Crippen molar-refractivity contribution in [2.24, 2.45) is 0 Å². The Kier molecular flexibility index (Phi) is 5.42. The van der Waals surface area contributed by atoms with Crippen molar-refractivity contribution in [3.8, 4) is 5.75 Å². The van der Waals surface area contributed by atoms with Gasteiger partial charge in [0.05, 0.1) is 12.2 Å². The maximum atomic E-state index is 12.6. The summed E-state index contributed by atoms with van der Waals surface area (Å²) in [7, 11) is 0. The Bertz CT molecular complexity index is 1000. The first-order valence-electron chi connectivity index (χ1n) is 9.81. The molecule has 0 unspecified atom stereocenters. The summed E-state index contributed by atoms with van der Waals surface area (Å²) in [6.07, 6.45) is 1.88. The number of fused-ring (bicyclic) bond motifs is 1. The number of hydrogen-bond donors (Lipinski definition) is 1. The number of amides is 1. The summed E-state index contributed by atoms with van der Waals surface area (Å²) >= 11 is 0. The number of carbonyl (C=O) groups is 1. The predicted molar refractivity (Wildman–Crippen MR) is 112 cm³/mol. The first-order valence-corrected chi connectivity index (χ1v) is 9.81. The van der Waals surface area contributed by atoms with E-state index in [0.717, 1.165) is 22.8 Å². The molecule has 0 fully saturated rings. The molecule has 2 aromatic carbocycles. The minimum atomic E-state index is -0.363. The van der Waals surface area contributed by atoms with Crippen LogP contribution in [0.1, 0.15) is 36.6 Å². The maximum absolute atomic E-state index is 12.6. The topological polar surface area (TPSA) is 67.4 Å². The zero-order chi connectivity index (χ0) is 20.2. The maximum Gasteiger partial charge on any atom is 0.415 e. The summed E-state index contributed by atoms with van der Waals surface area (Å²) in [6, 6.07) is 17.4. The van der Waals surface area contributed by atoms with Gasteiger partial charge < -0.3 is 15.0 Å². The van der Waals surface area contributed by atoms with E-state index >= 15 is 0 Å². The van der Waals surface area contributed by atoms with Crippen LogP contribution in [0.25, 0.3) is 0 Å². The molecule has 0 radical (unpaired) electrons. The van der Waals surface area contributed by atoms with E-state index in [-0.39, 0.29) is 6.09 Å². The third-order valence-corrected chi connectivity index (χ3v) is 5.02. The lowest BCUT2D eigenvalue weighted by Crippen LogP contribution is -2.38. The summed E-state index contributed by atoms with van der Waals surface area (Å²) in [4.78, 5) is 23.2. The van der Waals surface area contributed by atoms with E-state index in [0.29, 0.717) is 31.2 Å². The number of para-hydroxylation sites is 1. The molecule has 6 nitrogen and oxygen atoms in total. The molecular weight excluding hydrogens is 364 g/mol. The molecule has 2 heterocycles. The highest BCUT2D eigenvalue weighted by Gasteiger charge is 2.26. The SMILES string of the molecule is CC(C)c1cccc(Nc2ncnc3c2CN(C(=O)Oc2ccccc2)CC3)c1. The van der Waals surface area contributed by atoms with Gasteiger partial charge in [0.25, 0.3) is 0 Å². The Hall–Kier alpha value is -3.41. The number of ether oxygens (including phenoxy) is 1. The standard InChI is InChI=1S/C23H24N4O2/c1-16(2)17-7-6-8-18(13-17)26-22-20-14-27(12-11-21(20)24-15-25-22)23(28)29-19-9-4-3-5-10-19/h3-10,13,15-16H,11-12,14H2,1-2H3,(H,24,25,26). The highest BCUT2D eigenvalue weighted by Crippen LogP contribution is 2.27. The van der Waals surface area contributed by atoms with Gasteiger partial charge in [0.15, 0.2) is 0 Å². The third-order valence-electron chi connectivity index (χ3n) is 5.02. The van der Waals surface area contributed by atoms with E-state index in [1.54, 1.807) is 23.4 Å². The number of hydrogen-bond acceptors (Lipinski definition) is 5. The summed E-state index contributed by atoms with van der Waals surface area (Å²) < 4.78 is 5.49. The average Bonchev–Trinajstić information content (AvgIpc) is 2.74. The molecule has 148 valence electrons. The van der Waals surface area contributed by atoms with Gasteiger partial charge in [-0.05, 0) is 35.7 Å². The summed E-state index contributed by atoms with van der Waals surface area (Å²) in [5.74, 6) is 1.71. The molecule has 0 aliphatic carbocycles. The summed E-state index contributed by atoms with van der Waals surface area (Å²) in [5.41, 5.74) is 4.12. The molecule has 1 N–H and O–H groups in total. The molecule has 0 saturated carbocycles. The van der Waals surface area contributed by atoms with Crippen LogP contribution in [-0.2, 0) is 13.0 Å². The van der Waals surface area contributed by atoms with Crippen molar-refractivity contribution < 1.29 is 9.53 Å². The van der Waals surface area contributed by atoms with Crippen molar-refractivity contribution in [3.05, 3.63) is 77.7 Å². The lowest BCUT2D eigenvalue weighted by atomic mass is 10.0. The fourth-order valence-corrected chi connectivity index (χ4v) is 3.37. The molecule has 4 rings (SSSR count). The second-order valence-electron chi connectivity index (χ2n) is 7.41. The Morgan fingerprint density at radius 3 is 2.72 bits per heavy atom. The van der Waals surface area contributed by atoms with Gasteiger partial charge in [-0.3, -0.25) is 0 Å². The van der Waals surface area contributed by atoms with Gasteiger partial charge in [-0.2, -0.15) is 0 Å². The van der Waals surface area contributed by atoms with Gasteiger partial charge >= 0.3 is 6.09 Å². The first-order chi connectivity index (χ1) is 14.1. The van der Waals surface area contributed by atoms with Crippen LogP contribution in [0.3, 0.4) is 0 Å². The molecule has 1 amide bonds. The van der Waals surface area contributed by atoms with Gasteiger partial charge in [-0.1, -0.05) is 44.2 Å². The minimum absolute atomic E-state index is 0.363. The van der Waals surface area contributed by atoms with Crippen LogP contribution in [0.4, 0.5) is 16.3 Å². The Morgan fingerprint density at radius 2 is 1.93 bits per heavy atom. The lowest BCUT2D eigenvalue weighted by molar-refractivity contribution is 0.146. The van der Waals surface area contributed by atoms with Crippen molar-refractivity contribution in [3.63, 3.8) is 0 Å². The quantitative estimate of drug-likeness (QED) is 0.688. The number of aromatic nitrogens is 2. The van der Waals surface area contributed by atoms with Crippen LogP contribution < -0.4 is 10.1 Å². The minimum Gasteiger partial charge on any atom is -0.410 e. The zero-order valence-corrected chi connectivity index (χ0v) is 16.6. The predicted octanol–water partition coefficient (Wildman–Crippen LogP) is 4.90. The molecule has 0 spiro atoms. The van der Waals surface area contributed by atoms with Crippen LogP contribution in [0.5, 0.6) is 5.75 Å². The number of benzene rings is 2. The molecule has 0 bridgehead atoms. The molecule has 1 aliphatic rings. The van der Waals surface area contributed by atoms with Crippen molar-refractivity contribution in [1.29, 1.82) is 0 Å². The lowest BCUT2D eigenvalue weighted by Gasteiger charge is -2.28. The Balaban J connectivity index is 1.53. The highest BCUT2D eigenvalue weighted by atomic mass is 16.6. The largest absolute Gasteiger partial charge is 0.415 e. The number of nitrogens with one attached hydrogen (secondary N) is 1. The number of nitrogens with zero attached hydrogens (tertiary/aromatic N) is 3. The normalized spacial score (nSPS) is 13.1. The van der Waals surface area contributed by atoms with Crippen molar-refractivity contribution >= 4 is 17.6 Å². The first kappa shape index (κ1) is 18.9. The van der Waals surface area contributed by atoms with E-state index in [4.69, 9.17) is 4.74 Å². The van der Waals surface area contributed by atoms with E-state index in [1.807, 2.05) is 30.3 Å². The van der Waals surface area contributed by atoms with Gasteiger partial charge in [-0.25, -0.2) is 14.8 Å². The smallest absolute Gasteiger partial charge is 0.410 e. The van der Waals surface area contributed by atoms with Gasteiger partial charge in [0.1, 0.15) is 17.9 Å². The van der Waals surface area contributed by atoms with Gasteiger partial charge in [0.2, 0.25) is 0 Å². The third kappa shape index (κ3) is 4.37. The van der Waals surface area contributed by atoms with Gasteiger partial charge in [-0.15, -0.1) is 0 Å². The molecule has 0 saturated heterocycles. The van der Waals surface area contributed by atoms with Crippen LogP contribution in [-0.4, -0.2) is 27.5 Å². The van der Waals surface area contributed by atoms with Crippen molar-refractivity contribution in [2.75, 3.05) is 11.9 Å². The second-order valence-corrected chi connectivity index (χ2v) is 7.41. The fraction of sp³-hybridized carbons (Fsp3) is 0.261. The molecule has 1 aromatic heterocycles. The van der Waals surface area contributed by atoms with E-state index in [9.17, 15) is 4.79 Å². The summed E-state index contributed by atoms with van der Waals surface area (Å²) in [5, 5.41) is 3.41. The summed E-state index contributed by atoms with van der Waals surface area (Å²) in [6.45, 7) is 5.32. The van der Waals surface area contributed by atoms with E-state index in [2.05, 4.69) is 41.3 Å². The van der Waals surface area contributed by atoms with Crippen LogP contribution in [0, 0.1) is 0 Å². The second kappa shape index (κ2) is 8.31. The van der Waals surface area contributed by atoms with Crippen molar-refractivity contribution in [1.82, 2.24) is 14.9 Å². The van der Waals surface area contributed by atoms with Gasteiger partial charge in [0, 0.05) is 24.2 Å². The molecule has 3 aromatic rings. The molecule has 6 heteroatoms. The molecule has 29 heavy (non-hydrogen) atoms. The molecule has 0 atom stereocenters. The number of rotatable bonds is 4. The van der Waals surface area contributed by atoms with E-state index < -0.39 is 0 Å². The highest BCUT2D eigenvalue weighted by molar-refractivity contribution is 5.72. The number of carbonyl (C=O) groups excluding carboxylic acids is 1. The van der Waals surface area contributed by atoms with Crippen LogP contribution >= 0.6 is 0 Å². The van der Waals surface area contributed by atoms with Crippen LogP contribution in [0.15, 0.2) is 60.9 Å². The molecular formula is C23H24N4O2. The van der Waals surface area contributed by atoms with Crippen LogP contribution in [0.2, 0.25) is 0 Å². The monoisotopic (exact) mass is 388 g/mol.